The molecule has 3 rings (SSSR count). The van der Waals surface area contributed by atoms with Crippen LogP contribution in [0.3, 0.4) is 0 Å². The van der Waals surface area contributed by atoms with Gasteiger partial charge < -0.3 is 20.7 Å². The van der Waals surface area contributed by atoms with Crippen molar-refractivity contribution in [2.24, 2.45) is 0 Å². The fourth-order valence-corrected chi connectivity index (χ4v) is 3.20. The Balaban J connectivity index is 1.76. The Labute approximate surface area is 103 Å². The van der Waals surface area contributed by atoms with Crippen LogP contribution < -0.4 is 15.9 Å². The molecule has 17 heavy (non-hydrogen) atoms. The summed E-state index contributed by atoms with van der Waals surface area (Å²) in [7, 11) is 0. The van der Waals surface area contributed by atoms with Crippen molar-refractivity contribution in [3.8, 4) is 5.75 Å². The third-order valence-electron chi connectivity index (χ3n) is 3.41. The molecular weight excluding hydrogens is 238 g/mol. The molecule has 1 fully saturated rings. The summed E-state index contributed by atoms with van der Waals surface area (Å²) in [6.07, 6.45) is 3.02. The zero-order valence-electron chi connectivity index (χ0n) is 9.39. The van der Waals surface area contributed by atoms with Gasteiger partial charge in [-0.25, -0.2) is 0 Å². The van der Waals surface area contributed by atoms with Crippen molar-refractivity contribution in [2.45, 2.75) is 31.5 Å². The average Bonchev–Trinajstić information content (AvgIpc) is 2.92. The number of nitrogens with one attached hydrogen (secondary N) is 1. The van der Waals surface area contributed by atoms with Crippen LogP contribution in [-0.2, 0) is 11.3 Å². The van der Waals surface area contributed by atoms with Gasteiger partial charge in [-0.1, -0.05) is 0 Å². The fourth-order valence-electron chi connectivity index (χ4n) is 2.47. The number of thiophene rings is 1. The first-order chi connectivity index (χ1) is 8.29. The highest BCUT2D eigenvalue weighted by molar-refractivity contribution is 7.14. The van der Waals surface area contributed by atoms with Crippen molar-refractivity contribution < 1.29 is 9.63 Å². The van der Waals surface area contributed by atoms with E-state index in [2.05, 4.69) is 5.32 Å². The standard InChI is InChI=1S/C11H15N3O2S/c12-11-7-4-14(16-10(7)6-17-11)9-2-1-3-13-8(9)5-15/h5-6,8-9,13H,1-4,12H2/t8?,9-/m1/s1. The molecule has 92 valence electrons. The molecule has 0 bridgehead atoms. The Kier molecular flexibility index (Phi) is 2.78. The zero-order chi connectivity index (χ0) is 11.8. The Morgan fingerprint density at radius 2 is 2.53 bits per heavy atom. The first-order valence-corrected chi connectivity index (χ1v) is 6.66. The number of nitrogens with two attached hydrogens (primary N) is 1. The molecule has 3 N–H and O–H groups in total. The normalized spacial score (nSPS) is 28.7. The van der Waals surface area contributed by atoms with E-state index >= 15 is 0 Å². The monoisotopic (exact) mass is 253 g/mol. The molecule has 0 aliphatic carbocycles. The van der Waals surface area contributed by atoms with Crippen LogP contribution in [0.5, 0.6) is 5.75 Å². The maximum atomic E-state index is 11.0. The number of fused-ring (bicyclic) bond motifs is 1. The summed E-state index contributed by atoms with van der Waals surface area (Å²) < 4.78 is 0. The lowest BCUT2D eigenvalue weighted by molar-refractivity contribution is -0.124. The van der Waals surface area contributed by atoms with E-state index in [1.807, 2.05) is 10.4 Å². The van der Waals surface area contributed by atoms with Gasteiger partial charge in [0.1, 0.15) is 6.29 Å². The molecule has 6 heteroatoms. The molecule has 3 heterocycles. The first-order valence-electron chi connectivity index (χ1n) is 5.78. The Bertz CT molecular complexity index is 434. The minimum Gasteiger partial charge on any atom is -0.404 e. The summed E-state index contributed by atoms with van der Waals surface area (Å²) in [6, 6.07) is -0.0318. The van der Waals surface area contributed by atoms with Gasteiger partial charge in [0.25, 0.3) is 0 Å². The number of piperidine rings is 1. The first kappa shape index (κ1) is 11.0. The third kappa shape index (κ3) is 1.82. The summed E-state index contributed by atoms with van der Waals surface area (Å²) in [5, 5.41) is 7.84. The van der Waals surface area contributed by atoms with E-state index < -0.39 is 0 Å². The van der Waals surface area contributed by atoms with Gasteiger partial charge in [-0.15, -0.1) is 16.4 Å². The smallest absolute Gasteiger partial charge is 0.164 e. The lowest BCUT2D eigenvalue weighted by atomic mass is 9.99. The van der Waals surface area contributed by atoms with Crippen molar-refractivity contribution in [3.63, 3.8) is 0 Å². The van der Waals surface area contributed by atoms with E-state index in [1.165, 1.54) is 11.3 Å². The molecule has 2 atom stereocenters. The van der Waals surface area contributed by atoms with Crippen LogP contribution in [0, 0.1) is 0 Å². The topological polar surface area (TPSA) is 67.6 Å². The summed E-state index contributed by atoms with van der Waals surface area (Å²) in [6.45, 7) is 1.58. The maximum Gasteiger partial charge on any atom is 0.164 e. The predicted molar refractivity (Wildman–Crippen MR) is 65.8 cm³/mol. The second kappa shape index (κ2) is 4.29. The summed E-state index contributed by atoms with van der Waals surface area (Å²) in [4.78, 5) is 16.8. The van der Waals surface area contributed by atoms with Crippen molar-refractivity contribution >= 4 is 22.6 Å². The Morgan fingerprint density at radius 3 is 3.29 bits per heavy atom. The van der Waals surface area contributed by atoms with Gasteiger partial charge in [-0.05, 0) is 19.4 Å². The number of aldehydes is 1. The molecule has 2 aliphatic rings. The van der Waals surface area contributed by atoms with Crippen LogP contribution >= 0.6 is 11.3 Å². The minimum atomic E-state index is -0.141. The number of hydroxylamine groups is 2. The van der Waals surface area contributed by atoms with Gasteiger partial charge in [0.2, 0.25) is 0 Å². The van der Waals surface area contributed by atoms with Gasteiger partial charge in [-0.3, -0.25) is 0 Å². The van der Waals surface area contributed by atoms with E-state index in [0.29, 0.717) is 6.54 Å². The third-order valence-corrected chi connectivity index (χ3v) is 4.24. The SMILES string of the molecule is Nc1scc2c1CN([C@@H]1CCCNC1C=O)O2. The van der Waals surface area contributed by atoms with Crippen molar-refractivity contribution in [2.75, 3.05) is 12.3 Å². The fraction of sp³-hybridized carbons (Fsp3) is 0.545. The second-order valence-electron chi connectivity index (χ2n) is 4.43. The highest BCUT2D eigenvalue weighted by Gasteiger charge is 2.36. The van der Waals surface area contributed by atoms with Crippen LogP contribution in [0.15, 0.2) is 5.38 Å². The summed E-state index contributed by atoms with van der Waals surface area (Å²) in [5.41, 5.74) is 6.94. The molecule has 5 nitrogen and oxygen atoms in total. The molecular formula is C11H15N3O2S. The van der Waals surface area contributed by atoms with Crippen LogP contribution in [0.1, 0.15) is 18.4 Å². The number of anilines is 1. The average molecular weight is 253 g/mol. The summed E-state index contributed by atoms with van der Waals surface area (Å²) >= 11 is 1.50. The number of carbonyl (C=O) groups is 1. The zero-order valence-corrected chi connectivity index (χ0v) is 10.2. The molecule has 0 spiro atoms. The van der Waals surface area contributed by atoms with Gasteiger partial charge >= 0.3 is 0 Å². The predicted octanol–water partition coefficient (Wildman–Crippen LogP) is 0.759. The molecule has 2 aliphatic heterocycles. The molecule has 1 aromatic rings. The number of nitrogen functional groups attached to an aromatic ring is 1. The number of nitrogens with zero attached hydrogens (tertiary/aromatic N) is 1. The largest absolute Gasteiger partial charge is 0.404 e. The number of hydrogen-bond donors (Lipinski definition) is 2. The van der Waals surface area contributed by atoms with Gasteiger partial charge in [0.05, 0.1) is 23.6 Å². The van der Waals surface area contributed by atoms with E-state index in [9.17, 15) is 4.79 Å². The highest BCUT2D eigenvalue weighted by atomic mass is 32.1. The van der Waals surface area contributed by atoms with E-state index in [-0.39, 0.29) is 12.1 Å². The van der Waals surface area contributed by atoms with Crippen LogP contribution in [0.2, 0.25) is 0 Å². The number of carbonyl (C=O) groups excluding carboxylic acids is 1. The van der Waals surface area contributed by atoms with Crippen LogP contribution in [-0.4, -0.2) is 30.0 Å². The van der Waals surface area contributed by atoms with Crippen molar-refractivity contribution in [1.82, 2.24) is 10.4 Å². The Morgan fingerprint density at radius 1 is 1.65 bits per heavy atom. The van der Waals surface area contributed by atoms with Gasteiger partial charge in [-0.2, -0.15) is 0 Å². The van der Waals surface area contributed by atoms with E-state index in [1.54, 1.807) is 0 Å². The maximum absolute atomic E-state index is 11.0. The van der Waals surface area contributed by atoms with Crippen molar-refractivity contribution in [1.29, 1.82) is 0 Å². The molecule has 0 radical (unpaired) electrons. The lowest BCUT2D eigenvalue weighted by Gasteiger charge is -2.34. The van der Waals surface area contributed by atoms with Crippen LogP contribution in [0.4, 0.5) is 5.00 Å². The second-order valence-corrected chi connectivity index (χ2v) is 5.35. The minimum absolute atomic E-state index is 0.109. The highest BCUT2D eigenvalue weighted by Crippen LogP contribution is 2.39. The van der Waals surface area contributed by atoms with Gasteiger partial charge in [0, 0.05) is 10.9 Å². The lowest BCUT2D eigenvalue weighted by Crippen LogP contribution is -2.54. The Hall–Kier alpha value is -1.11. The number of hydrogen-bond acceptors (Lipinski definition) is 6. The van der Waals surface area contributed by atoms with Crippen molar-refractivity contribution in [3.05, 3.63) is 10.9 Å². The quantitative estimate of drug-likeness (QED) is 0.762. The molecule has 1 saturated heterocycles. The van der Waals surface area contributed by atoms with E-state index in [4.69, 9.17) is 10.6 Å². The molecule has 1 unspecified atom stereocenters. The summed E-state index contributed by atoms with van der Waals surface area (Å²) in [5.74, 6) is 0.850. The molecule has 0 amide bonds. The molecule has 0 saturated carbocycles. The van der Waals surface area contributed by atoms with E-state index in [0.717, 1.165) is 42.0 Å². The molecule has 0 aromatic carbocycles. The molecule has 1 aromatic heterocycles. The van der Waals surface area contributed by atoms with Gasteiger partial charge in [0.15, 0.2) is 5.75 Å². The van der Waals surface area contributed by atoms with Crippen LogP contribution in [0.25, 0.3) is 0 Å². The number of rotatable bonds is 2.